The molecule has 2 heterocycles. The van der Waals surface area contributed by atoms with Gasteiger partial charge in [0.15, 0.2) is 5.82 Å². The summed E-state index contributed by atoms with van der Waals surface area (Å²) < 4.78 is 6.90. The summed E-state index contributed by atoms with van der Waals surface area (Å²) in [7, 11) is 0. The van der Waals surface area contributed by atoms with Crippen LogP contribution >= 0.6 is 24.8 Å². The Morgan fingerprint density at radius 3 is 2.58 bits per heavy atom. The van der Waals surface area contributed by atoms with Crippen LogP contribution in [-0.2, 0) is 11.3 Å². The van der Waals surface area contributed by atoms with Crippen molar-refractivity contribution in [2.75, 3.05) is 32.8 Å². The van der Waals surface area contributed by atoms with Gasteiger partial charge in [0.2, 0.25) is 0 Å². The highest BCUT2D eigenvalue weighted by molar-refractivity contribution is 5.85. The second-order valence-electron chi connectivity index (χ2n) is 4.03. The maximum Gasteiger partial charge on any atom is 0.342 e. The first kappa shape index (κ1) is 18.1. The van der Waals surface area contributed by atoms with Gasteiger partial charge in [-0.2, -0.15) is 0 Å². The van der Waals surface area contributed by atoms with Crippen LogP contribution in [0.25, 0.3) is 0 Å². The second kappa shape index (κ2) is 8.31. The third kappa shape index (κ3) is 4.61. The van der Waals surface area contributed by atoms with Crippen LogP contribution in [0, 0.1) is 17.0 Å². The van der Waals surface area contributed by atoms with Gasteiger partial charge in [0.25, 0.3) is 0 Å². The molecule has 0 aromatic carbocycles. The fourth-order valence-electron chi connectivity index (χ4n) is 1.94. The number of morpholine rings is 1. The Labute approximate surface area is 123 Å². The summed E-state index contributed by atoms with van der Waals surface area (Å²) in [5, 5.41) is 10.8. The third-order valence-electron chi connectivity index (χ3n) is 2.96. The van der Waals surface area contributed by atoms with E-state index in [9.17, 15) is 10.1 Å². The zero-order chi connectivity index (χ0) is 12.3. The largest absolute Gasteiger partial charge is 0.379 e. The molecule has 1 aromatic rings. The van der Waals surface area contributed by atoms with E-state index in [1.165, 1.54) is 6.20 Å². The average molecular weight is 313 g/mol. The number of aromatic nitrogens is 2. The van der Waals surface area contributed by atoms with Gasteiger partial charge in [-0.05, 0) is 4.92 Å². The molecule has 0 aliphatic carbocycles. The van der Waals surface area contributed by atoms with Crippen molar-refractivity contribution in [2.24, 2.45) is 0 Å². The Hall–Kier alpha value is -0.890. The molecule has 110 valence electrons. The van der Waals surface area contributed by atoms with E-state index >= 15 is 0 Å². The van der Waals surface area contributed by atoms with Crippen LogP contribution in [0.1, 0.15) is 5.82 Å². The molecule has 19 heavy (non-hydrogen) atoms. The summed E-state index contributed by atoms with van der Waals surface area (Å²) >= 11 is 0. The van der Waals surface area contributed by atoms with E-state index < -0.39 is 0 Å². The van der Waals surface area contributed by atoms with Crippen molar-refractivity contribution in [3.8, 4) is 0 Å². The molecule has 0 saturated carbocycles. The number of rotatable bonds is 4. The van der Waals surface area contributed by atoms with Crippen molar-refractivity contribution in [1.29, 1.82) is 0 Å². The maximum atomic E-state index is 10.8. The minimum atomic E-state index is -0.390. The summed E-state index contributed by atoms with van der Waals surface area (Å²) in [6.07, 6.45) is 1.31. The summed E-state index contributed by atoms with van der Waals surface area (Å²) in [5.41, 5.74) is 0. The number of halogens is 2. The summed E-state index contributed by atoms with van der Waals surface area (Å²) in [6, 6.07) is 0. The second-order valence-corrected chi connectivity index (χ2v) is 4.03. The summed E-state index contributed by atoms with van der Waals surface area (Å²) in [6.45, 7) is 6.44. The van der Waals surface area contributed by atoms with Crippen molar-refractivity contribution in [1.82, 2.24) is 14.5 Å². The van der Waals surface area contributed by atoms with Crippen molar-refractivity contribution in [3.63, 3.8) is 0 Å². The third-order valence-corrected chi connectivity index (χ3v) is 2.96. The molecule has 1 fully saturated rings. The number of hydrogen-bond acceptors (Lipinski definition) is 5. The Balaban J connectivity index is 0.00000162. The molecule has 0 atom stereocenters. The van der Waals surface area contributed by atoms with Gasteiger partial charge in [-0.15, -0.1) is 24.8 Å². The quantitative estimate of drug-likeness (QED) is 0.618. The van der Waals surface area contributed by atoms with E-state index in [1.54, 1.807) is 11.5 Å². The Morgan fingerprint density at radius 2 is 2.00 bits per heavy atom. The Morgan fingerprint density at radius 1 is 1.37 bits per heavy atom. The number of hydrogen-bond donors (Lipinski definition) is 0. The molecule has 7 nitrogen and oxygen atoms in total. The molecule has 0 amide bonds. The molecule has 1 aliphatic rings. The van der Waals surface area contributed by atoms with Crippen LogP contribution in [0.2, 0.25) is 0 Å². The Kier molecular flexibility index (Phi) is 7.93. The zero-order valence-electron chi connectivity index (χ0n) is 10.7. The van der Waals surface area contributed by atoms with Crippen molar-refractivity contribution in [2.45, 2.75) is 13.5 Å². The first-order valence-electron chi connectivity index (χ1n) is 5.65. The van der Waals surface area contributed by atoms with Gasteiger partial charge in [0, 0.05) is 26.6 Å². The smallest absolute Gasteiger partial charge is 0.342 e. The molecule has 1 saturated heterocycles. The van der Waals surface area contributed by atoms with Crippen molar-refractivity contribution >= 4 is 30.6 Å². The molecule has 0 unspecified atom stereocenters. The predicted octanol–water partition coefficient (Wildman–Crippen LogP) is 1.28. The van der Waals surface area contributed by atoms with E-state index in [0.717, 1.165) is 32.8 Å². The number of nitro groups is 1. The topological polar surface area (TPSA) is 73.4 Å². The van der Waals surface area contributed by atoms with E-state index in [1.807, 2.05) is 0 Å². The number of ether oxygens (including phenoxy) is 1. The molecular formula is C10H18Cl2N4O3. The summed E-state index contributed by atoms with van der Waals surface area (Å²) in [4.78, 5) is 16.6. The standard InChI is InChI=1S/C10H16N4O3.2ClH/c1-9-11-8-10(14(15)16)13(9)3-2-12-4-6-17-7-5-12;;/h8H,2-7H2,1H3;2*1H. The SMILES string of the molecule is Cc1ncc([N+](=O)[O-])n1CCN1CCOCC1.Cl.Cl. The van der Waals surface area contributed by atoms with E-state index in [-0.39, 0.29) is 35.6 Å². The monoisotopic (exact) mass is 312 g/mol. The average Bonchev–Trinajstić information content (AvgIpc) is 2.69. The maximum absolute atomic E-state index is 10.8. The first-order valence-corrected chi connectivity index (χ1v) is 5.65. The van der Waals surface area contributed by atoms with Crippen LogP contribution in [0.15, 0.2) is 6.20 Å². The lowest BCUT2D eigenvalue weighted by Crippen LogP contribution is -2.38. The molecule has 1 aliphatic heterocycles. The van der Waals surface area contributed by atoms with Crippen LogP contribution in [-0.4, -0.2) is 52.2 Å². The number of aryl methyl sites for hydroxylation is 1. The van der Waals surface area contributed by atoms with Crippen molar-refractivity contribution in [3.05, 3.63) is 22.1 Å². The Bertz CT molecular complexity index is 407. The van der Waals surface area contributed by atoms with Gasteiger partial charge < -0.3 is 14.9 Å². The van der Waals surface area contributed by atoms with Crippen LogP contribution in [0.5, 0.6) is 0 Å². The van der Waals surface area contributed by atoms with Crippen LogP contribution < -0.4 is 0 Å². The van der Waals surface area contributed by atoms with Gasteiger partial charge in [-0.3, -0.25) is 4.90 Å². The predicted molar refractivity (Wildman–Crippen MR) is 75.4 cm³/mol. The molecule has 0 bridgehead atoms. The van der Waals surface area contributed by atoms with E-state index in [2.05, 4.69) is 9.88 Å². The minimum absolute atomic E-state index is 0. The lowest BCUT2D eigenvalue weighted by Gasteiger charge is -2.25. The highest BCUT2D eigenvalue weighted by atomic mass is 35.5. The van der Waals surface area contributed by atoms with Crippen molar-refractivity contribution < 1.29 is 9.66 Å². The molecule has 0 spiro atoms. The van der Waals surface area contributed by atoms with Gasteiger partial charge >= 0.3 is 5.82 Å². The summed E-state index contributed by atoms with van der Waals surface area (Å²) in [5.74, 6) is 0.751. The van der Waals surface area contributed by atoms with Crippen LogP contribution in [0.4, 0.5) is 5.82 Å². The minimum Gasteiger partial charge on any atom is -0.379 e. The molecular weight excluding hydrogens is 295 g/mol. The first-order chi connectivity index (χ1) is 8.18. The van der Waals surface area contributed by atoms with Gasteiger partial charge in [0.1, 0.15) is 12.7 Å². The van der Waals surface area contributed by atoms with Gasteiger partial charge in [-0.25, -0.2) is 9.55 Å². The number of nitrogens with zero attached hydrogens (tertiary/aromatic N) is 4. The number of imidazole rings is 1. The molecule has 1 aromatic heterocycles. The lowest BCUT2D eigenvalue weighted by molar-refractivity contribution is -0.392. The lowest BCUT2D eigenvalue weighted by atomic mass is 10.4. The van der Waals surface area contributed by atoms with Gasteiger partial charge in [0.05, 0.1) is 13.2 Å². The normalized spacial score (nSPS) is 15.4. The van der Waals surface area contributed by atoms with Crippen LogP contribution in [0.3, 0.4) is 0 Å². The fourth-order valence-corrected chi connectivity index (χ4v) is 1.94. The molecule has 0 radical (unpaired) electrons. The van der Waals surface area contributed by atoms with E-state index in [0.29, 0.717) is 12.4 Å². The molecule has 9 heteroatoms. The zero-order valence-corrected chi connectivity index (χ0v) is 12.3. The molecule has 0 N–H and O–H groups in total. The molecule has 2 rings (SSSR count). The van der Waals surface area contributed by atoms with Gasteiger partial charge in [-0.1, -0.05) is 0 Å². The highest BCUT2D eigenvalue weighted by Gasteiger charge is 2.18. The van der Waals surface area contributed by atoms with E-state index in [4.69, 9.17) is 4.74 Å². The highest BCUT2D eigenvalue weighted by Crippen LogP contribution is 2.13. The fraction of sp³-hybridized carbons (Fsp3) is 0.700.